The fourth-order valence-electron chi connectivity index (χ4n) is 5.10. The van der Waals surface area contributed by atoms with Crippen molar-refractivity contribution in [3.05, 3.63) is 57.6 Å². The van der Waals surface area contributed by atoms with Crippen molar-refractivity contribution >= 4 is 0 Å². The summed E-state index contributed by atoms with van der Waals surface area (Å²) >= 11 is 0. The van der Waals surface area contributed by atoms with E-state index in [1.54, 1.807) is 0 Å². The second kappa shape index (κ2) is 8.12. The van der Waals surface area contributed by atoms with Gasteiger partial charge in [0.15, 0.2) is 0 Å². The molecule has 1 aliphatic heterocycles. The molecule has 0 amide bonds. The SMILES string of the molecule is Cc1cc(C2CC(CC(C)(C)C)Oc3c2cc(C)cc3C(C)(C)C)c(O)c(C(C)(C)C)c1. The van der Waals surface area contributed by atoms with E-state index in [2.05, 4.69) is 100 Å². The van der Waals surface area contributed by atoms with Crippen LogP contribution in [0, 0.1) is 19.3 Å². The summed E-state index contributed by atoms with van der Waals surface area (Å²) in [5, 5.41) is 11.5. The minimum absolute atomic E-state index is 0.0184. The molecular weight excluding hydrogens is 392 g/mol. The Balaban J connectivity index is 2.28. The molecule has 0 radical (unpaired) electrons. The van der Waals surface area contributed by atoms with E-state index in [-0.39, 0.29) is 28.3 Å². The van der Waals surface area contributed by atoms with E-state index in [1.807, 2.05) is 0 Å². The highest BCUT2D eigenvalue weighted by Crippen LogP contribution is 2.50. The summed E-state index contributed by atoms with van der Waals surface area (Å²) in [7, 11) is 0. The molecule has 1 aliphatic rings. The summed E-state index contributed by atoms with van der Waals surface area (Å²) in [6.07, 6.45) is 1.99. The maximum Gasteiger partial charge on any atom is 0.127 e. The van der Waals surface area contributed by atoms with E-state index in [9.17, 15) is 5.11 Å². The van der Waals surface area contributed by atoms with Crippen LogP contribution >= 0.6 is 0 Å². The Morgan fingerprint density at radius 1 is 0.781 bits per heavy atom. The molecule has 0 aliphatic carbocycles. The number of aryl methyl sites for hydroxylation is 2. The molecule has 1 heterocycles. The number of phenolic OH excluding ortho intramolecular Hbond substituents is 1. The number of aromatic hydroxyl groups is 1. The zero-order valence-corrected chi connectivity index (χ0v) is 22.2. The molecule has 2 atom stereocenters. The van der Waals surface area contributed by atoms with E-state index in [1.165, 1.54) is 22.3 Å². The molecule has 0 bridgehead atoms. The van der Waals surface area contributed by atoms with Gasteiger partial charge in [-0.2, -0.15) is 0 Å². The maximum atomic E-state index is 11.5. The minimum Gasteiger partial charge on any atom is -0.507 e. The van der Waals surface area contributed by atoms with Crippen molar-refractivity contribution in [3.63, 3.8) is 0 Å². The minimum atomic E-state index is -0.118. The summed E-state index contributed by atoms with van der Waals surface area (Å²) in [6, 6.07) is 8.90. The van der Waals surface area contributed by atoms with Gasteiger partial charge in [-0.3, -0.25) is 0 Å². The highest BCUT2D eigenvalue weighted by atomic mass is 16.5. The van der Waals surface area contributed by atoms with Gasteiger partial charge in [0.05, 0.1) is 0 Å². The quantitative estimate of drug-likeness (QED) is 0.513. The van der Waals surface area contributed by atoms with Crippen molar-refractivity contribution in [2.75, 3.05) is 0 Å². The Hall–Kier alpha value is -1.96. The lowest BCUT2D eigenvalue weighted by Crippen LogP contribution is -2.32. The molecule has 2 aromatic carbocycles. The maximum absolute atomic E-state index is 11.5. The molecule has 2 unspecified atom stereocenters. The summed E-state index contributed by atoms with van der Waals surface area (Å²) in [5.74, 6) is 1.61. The molecule has 0 fully saturated rings. The molecule has 0 spiro atoms. The lowest BCUT2D eigenvalue weighted by atomic mass is 9.74. The first kappa shape index (κ1) is 24.7. The molecule has 2 nitrogen and oxygen atoms in total. The number of benzene rings is 2. The molecule has 1 N–H and O–H groups in total. The van der Waals surface area contributed by atoms with Gasteiger partial charge in [-0.25, -0.2) is 0 Å². The average molecular weight is 437 g/mol. The Kier molecular flexibility index (Phi) is 6.26. The van der Waals surface area contributed by atoms with E-state index < -0.39 is 0 Å². The van der Waals surface area contributed by atoms with Gasteiger partial charge in [0.25, 0.3) is 0 Å². The first-order valence-corrected chi connectivity index (χ1v) is 12.1. The topological polar surface area (TPSA) is 29.5 Å². The van der Waals surface area contributed by atoms with Crippen LogP contribution < -0.4 is 4.74 Å². The van der Waals surface area contributed by atoms with Crippen LogP contribution in [0.1, 0.15) is 114 Å². The van der Waals surface area contributed by atoms with Crippen molar-refractivity contribution in [2.45, 2.75) is 112 Å². The molecule has 0 saturated carbocycles. The van der Waals surface area contributed by atoms with Gasteiger partial charge in [-0.15, -0.1) is 0 Å². The van der Waals surface area contributed by atoms with Crippen LogP contribution in [0.3, 0.4) is 0 Å². The number of hydrogen-bond donors (Lipinski definition) is 1. The Labute approximate surface area is 196 Å². The summed E-state index contributed by atoms with van der Waals surface area (Å²) < 4.78 is 6.76. The smallest absolute Gasteiger partial charge is 0.127 e. The van der Waals surface area contributed by atoms with E-state index in [0.29, 0.717) is 5.75 Å². The van der Waals surface area contributed by atoms with Crippen LogP contribution in [0.4, 0.5) is 0 Å². The number of ether oxygens (including phenoxy) is 1. The number of rotatable bonds is 2. The van der Waals surface area contributed by atoms with E-state index in [4.69, 9.17) is 4.74 Å². The number of phenols is 1. The summed E-state index contributed by atoms with van der Waals surface area (Å²) in [4.78, 5) is 0. The van der Waals surface area contributed by atoms with Crippen molar-refractivity contribution in [1.82, 2.24) is 0 Å². The first-order valence-electron chi connectivity index (χ1n) is 12.1. The fraction of sp³-hybridized carbons (Fsp3) is 0.600. The van der Waals surface area contributed by atoms with Crippen LogP contribution in [0.25, 0.3) is 0 Å². The third kappa shape index (κ3) is 5.16. The van der Waals surface area contributed by atoms with E-state index >= 15 is 0 Å². The lowest BCUT2D eigenvalue weighted by Gasteiger charge is -2.39. The molecule has 0 saturated heterocycles. The summed E-state index contributed by atoms with van der Waals surface area (Å²) in [5.41, 5.74) is 7.04. The van der Waals surface area contributed by atoms with Crippen LogP contribution in [-0.2, 0) is 10.8 Å². The van der Waals surface area contributed by atoms with Crippen molar-refractivity contribution in [3.8, 4) is 11.5 Å². The zero-order chi connectivity index (χ0) is 24.2. The molecular formula is C30H44O2. The second-order valence-electron chi connectivity index (χ2n) is 13.3. The summed E-state index contributed by atoms with van der Waals surface area (Å²) in [6.45, 7) is 24.5. The Morgan fingerprint density at radius 2 is 1.28 bits per heavy atom. The van der Waals surface area contributed by atoms with Crippen molar-refractivity contribution in [1.29, 1.82) is 0 Å². The number of fused-ring (bicyclic) bond motifs is 1. The Morgan fingerprint density at radius 3 is 1.78 bits per heavy atom. The van der Waals surface area contributed by atoms with Gasteiger partial charge >= 0.3 is 0 Å². The molecule has 32 heavy (non-hydrogen) atoms. The van der Waals surface area contributed by atoms with Crippen LogP contribution in [0.15, 0.2) is 24.3 Å². The molecule has 2 heteroatoms. The third-order valence-corrected chi connectivity index (χ3v) is 6.54. The van der Waals surface area contributed by atoms with Crippen LogP contribution in [0.2, 0.25) is 0 Å². The van der Waals surface area contributed by atoms with Gasteiger partial charge in [0.1, 0.15) is 17.6 Å². The third-order valence-electron chi connectivity index (χ3n) is 6.54. The van der Waals surface area contributed by atoms with Gasteiger partial charge in [-0.1, -0.05) is 97.7 Å². The zero-order valence-electron chi connectivity index (χ0n) is 22.2. The van der Waals surface area contributed by atoms with Crippen LogP contribution in [0.5, 0.6) is 11.5 Å². The van der Waals surface area contributed by atoms with E-state index in [0.717, 1.165) is 29.7 Å². The van der Waals surface area contributed by atoms with Crippen LogP contribution in [-0.4, -0.2) is 11.2 Å². The first-order chi connectivity index (χ1) is 14.5. The monoisotopic (exact) mass is 436 g/mol. The molecule has 0 aromatic heterocycles. The van der Waals surface area contributed by atoms with Gasteiger partial charge in [0.2, 0.25) is 0 Å². The molecule has 3 rings (SSSR count). The van der Waals surface area contributed by atoms with Crippen molar-refractivity contribution in [2.24, 2.45) is 5.41 Å². The molecule has 2 aromatic rings. The lowest BCUT2D eigenvalue weighted by molar-refractivity contribution is 0.113. The van der Waals surface area contributed by atoms with Gasteiger partial charge in [0, 0.05) is 22.6 Å². The standard InChI is InChI=1S/C30H44O2/c1-18-12-22(26(31)24(14-18)29(6,7)8)21-16-20(17-28(3,4)5)32-27-23(21)13-19(2)15-25(27)30(9,10)11/h12-15,20-21,31H,16-17H2,1-11H3. The highest BCUT2D eigenvalue weighted by Gasteiger charge is 2.37. The molecule has 176 valence electrons. The normalized spacial score (nSPS) is 19.5. The second-order valence-corrected chi connectivity index (χ2v) is 13.3. The Bertz CT molecular complexity index is 993. The van der Waals surface area contributed by atoms with Crippen molar-refractivity contribution < 1.29 is 9.84 Å². The van der Waals surface area contributed by atoms with Gasteiger partial charge < -0.3 is 9.84 Å². The predicted octanol–water partition coefficient (Wildman–Crippen LogP) is 8.32. The number of hydrogen-bond acceptors (Lipinski definition) is 2. The largest absolute Gasteiger partial charge is 0.507 e. The average Bonchev–Trinajstić information content (AvgIpc) is 2.59. The van der Waals surface area contributed by atoms with Gasteiger partial charge in [-0.05, 0) is 48.5 Å². The highest BCUT2D eigenvalue weighted by molar-refractivity contribution is 5.57. The predicted molar refractivity (Wildman–Crippen MR) is 136 cm³/mol. The fourth-order valence-corrected chi connectivity index (χ4v) is 5.10.